The summed E-state index contributed by atoms with van der Waals surface area (Å²) in [7, 11) is 0. The van der Waals surface area contributed by atoms with Crippen molar-refractivity contribution in [1.82, 2.24) is 10.3 Å². The molecular weight excluding hydrogens is 244 g/mol. The van der Waals surface area contributed by atoms with Crippen LogP contribution >= 0.6 is 0 Å². The summed E-state index contributed by atoms with van der Waals surface area (Å²) in [5.74, 6) is 1.46. The summed E-state index contributed by atoms with van der Waals surface area (Å²) in [5.41, 5.74) is 3.00. The number of nitrogens with zero attached hydrogens (tertiary/aromatic N) is 2. The van der Waals surface area contributed by atoms with Gasteiger partial charge in [-0.3, -0.25) is 0 Å². The molecular formula is C14H8N2O3. The van der Waals surface area contributed by atoms with Crippen molar-refractivity contribution in [2.45, 2.75) is 0 Å². The van der Waals surface area contributed by atoms with Crippen molar-refractivity contribution in [3.8, 4) is 22.6 Å². The molecule has 4 aromatic rings. The van der Waals surface area contributed by atoms with Gasteiger partial charge in [0.25, 0.3) is 0 Å². The van der Waals surface area contributed by atoms with E-state index < -0.39 is 0 Å². The highest BCUT2D eigenvalue weighted by Gasteiger charge is 2.16. The lowest BCUT2D eigenvalue weighted by Crippen LogP contribution is -1.82. The van der Waals surface area contributed by atoms with Gasteiger partial charge in [0.2, 0.25) is 0 Å². The van der Waals surface area contributed by atoms with E-state index in [1.54, 1.807) is 12.5 Å². The monoisotopic (exact) mass is 252 g/mol. The van der Waals surface area contributed by atoms with Crippen LogP contribution in [0.3, 0.4) is 0 Å². The Morgan fingerprint density at radius 3 is 1.63 bits per heavy atom. The lowest BCUT2D eigenvalue weighted by atomic mass is 10.1. The molecule has 0 saturated heterocycles. The molecule has 5 nitrogen and oxygen atoms in total. The Bertz CT molecular complexity index is 746. The second kappa shape index (κ2) is 3.84. The van der Waals surface area contributed by atoms with E-state index in [9.17, 15) is 0 Å². The van der Waals surface area contributed by atoms with Crippen LogP contribution in [0.4, 0.5) is 0 Å². The Morgan fingerprint density at radius 2 is 1.21 bits per heavy atom. The molecule has 0 N–H and O–H groups in total. The number of fused-ring (bicyclic) bond motifs is 1. The van der Waals surface area contributed by atoms with E-state index in [0.29, 0.717) is 11.0 Å². The van der Waals surface area contributed by atoms with Crippen LogP contribution in [0.15, 0.2) is 62.4 Å². The fourth-order valence-electron chi connectivity index (χ4n) is 2.13. The van der Waals surface area contributed by atoms with Gasteiger partial charge < -0.3 is 8.83 Å². The van der Waals surface area contributed by atoms with Gasteiger partial charge in [0.1, 0.15) is 22.6 Å². The van der Waals surface area contributed by atoms with Crippen molar-refractivity contribution in [2.75, 3.05) is 0 Å². The van der Waals surface area contributed by atoms with Crippen LogP contribution in [0.2, 0.25) is 0 Å². The molecule has 0 spiro atoms. The molecule has 92 valence electrons. The number of hydrogen-bond donors (Lipinski definition) is 0. The minimum Gasteiger partial charge on any atom is -0.464 e. The van der Waals surface area contributed by atoms with Crippen LogP contribution in [0.25, 0.3) is 33.7 Å². The van der Waals surface area contributed by atoms with Gasteiger partial charge >= 0.3 is 0 Å². The first-order valence-electron chi connectivity index (χ1n) is 5.76. The second-order valence-electron chi connectivity index (χ2n) is 4.08. The van der Waals surface area contributed by atoms with Crippen LogP contribution in [0.1, 0.15) is 0 Å². The smallest absolute Gasteiger partial charge is 0.146 e. The minimum atomic E-state index is 0.656. The molecule has 0 unspecified atom stereocenters. The van der Waals surface area contributed by atoms with E-state index >= 15 is 0 Å². The topological polar surface area (TPSA) is 65.2 Å². The van der Waals surface area contributed by atoms with E-state index in [1.807, 2.05) is 36.4 Å². The first-order chi connectivity index (χ1) is 9.43. The van der Waals surface area contributed by atoms with Crippen molar-refractivity contribution in [1.29, 1.82) is 0 Å². The molecule has 3 heterocycles. The standard InChI is InChI=1S/C14H8N2O3/c1-3-11(17-7-1)9-5-6-10(12-4-2-8-18-12)14-13(9)15-19-16-14/h1-8H. The largest absolute Gasteiger partial charge is 0.464 e. The van der Waals surface area contributed by atoms with E-state index in [1.165, 1.54) is 0 Å². The van der Waals surface area contributed by atoms with E-state index in [4.69, 9.17) is 13.5 Å². The molecule has 0 bridgehead atoms. The van der Waals surface area contributed by atoms with Crippen molar-refractivity contribution < 1.29 is 13.5 Å². The first kappa shape index (κ1) is 10.1. The Kier molecular flexibility index (Phi) is 2.05. The van der Waals surface area contributed by atoms with Crippen molar-refractivity contribution >= 4 is 11.0 Å². The number of furan rings is 2. The van der Waals surface area contributed by atoms with Gasteiger partial charge in [0, 0.05) is 11.1 Å². The number of aromatic nitrogens is 2. The van der Waals surface area contributed by atoms with E-state index in [0.717, 1.165) is 22.6 Å². The Morgan fingerprint density at radius 1 is 0.684 bits per heavy atom. The van der Waals surface area contributed by atoms with Gasteiger partial charge in [-0.2, -0.15) is 0 Å². The summed E-state index contributed by atoms with van der Waals surface area (Å²) in [6.07, 6.45) is 3.24. The fourth-order valence-corrected chi connectivity index (χ4v) is 2.13. The molecule has 0 radical (unpaired) electrons. The number of benzene rings is 1. The van der Waals surface area contributed by atoms with Gasteiger partial charge in [-0.15, -0.1) is 0 Å². The van der Waals surface area contributed by atoms with Crippen LogP contribution in [-0.4, -0.2) is 10.3 Å². The third-order valence-electron chi connectivity index (χ3n) is 2.99. The predicted octanol–water partition coefficient (Wildman–Crippen LogP) is 3.74. The molecule has 4 rings (SSSR count). The first-order valence-corrected chi connectivity index (χ1v) is 5.76. The summed E-state index contributed by atoms with van der Waals surface area (Å²) in [6.45, 7) is 0. The normalized spacial score (nSPS) is 11.2. The van der Waals surface area contributed by atoms with Crippen molar-refractivity contribution in [3.63, 3.8) is 0 Å². The molecule has 0 aliphatic carbocycles. The highest BCUT2D eigenvalue weighted by Crippen LogP contribution is 2.33. The minimum absolute atomic E-state index is 0.656. The lowest BCUT2D eigenvalue weighted by Gasteiger charge is -2.00. The average molecular weight is 252 g/mol. The van der Waals surface area contributed by atoms with Crippen LogP contribution in [0, 0.1) is 0 Å². The number of hydrogen-bond acceptors (Lipinski definition) is 5. The van der Waals surface area contributed by atoms with E-state index in [2.05, 4.69) is 10.3 Å². The van der Waals surface area contributed by atoms with Gasteiger partial charge in [-0.25, -0.2) is 4.63 Å². The van der Waals surface area contributed by atoms with Gasteiger partial charge in [-0.05, 0) is 46.7 Å². The molecule has 0 aliphatic heterocycles. The molecule has 19 heavy (non-hydrogen) atoms. The van der Waals surface area contributed by atoms with Gasteiger partial charge in [-0.1, -0.05) is 0 Å². The maximum Gasteiger partial charge on any atom is 0.146 e. The molecule has 0 atom stereocenters. The quantitative estimate of drug-likeness (QED) is 0.543. The fraction of sp³-hybridized carbons (Fsp3) is 0. The predicted molar refractivity (Wildman–Crippen MR) is 67.2 cm³/mol. The zero-order chi connectivity index (χ0) is 12.7. The third kappa shape index (κ3) is 1.48. The maximum absolute atomic E-state index is 5.39. The summed E-state index contributed by atoms with van der Waals surface area (Å²) in [6, 6.07) is 11.2. The molecule has 0 fully saturated rings. The Balaban J connectivity index is 2.01. The Labute approximate surface area is 107 Å². The summed E-state index contributed by atoms with van der Waals surface area (Å²) < 4.78 is 15.6. The number of rotatable bonds is 2. The third-order valence-corrected chi connectivity index (χ3v) is 2.99. The molecule has 0 aliphatic rings. The van der Waals surface area contributed by atoms with Crippen LogP contribution in [0.5, 0.6) is 0 Å². The lowest BCUT2D eigenvalue weighted by molar-refractivity contribution is 0.315. The van der Waals surface area contributed by atoms with Crippen molar-refractivity contribution in [3.05, 3.63) is 48.9 Å². The molecule has 3 aromatic heterocycles. The van der Waals surface area contributed by atoms with Crippen molar-refractivity contribution in [2.24, 2.45) is 0 Å². The molecule has 0 amide bonds. The average Bonchev–Trinajstić information content (AvgIpc) is 3.19. The zero-order valence-corrected chi connectivity index (χ0v) is 9.74. The summed E-state index contributed by atoms with van der Waals surface area (Å²) >= 11 is 0. The second-order valence-corrected chi connectivity index (χ2v) is 4.08. The highest BCUT2D eigenvalue weighted by atomic mass is 16.6. The molecule has 0 saturated carbocycles. The summed E-state index contributed by atoms with van der Waals surface area (Å²) in [5, 5.41) is 7.91. The SMILES string of the molecule is c1coc(-c2ccc(-c3ccco3)c3nonc23)c1. The maximum atomic E-state index is 5.39. The Hall–Kier alpha value is -2.82. The molecule has 1 aromatic carbocycles. The van der Waals surface area contributed by atoms with Gasteiger partial charge in [0.15, 0.2) is 0 Å². The zero-order valence-electron chi connectivity index (χ0n) is 9.74. The highest BCUT2D eigenvalue weighted by molar-refractivity contribution is 5.98. The van der Waals surface area contributed by atoms with Gasteiger partial charge in [0.05, 0.1) is 12.5 Å². The summed E-state index contributed by atoms with van der Waals surface area (Å²) in [4.78, 5) is 0. The molecule has 5 heteroatoms. The van der Waals surface area contributed by atoms with E-state index in [-0.39, 0.29) is 0 Å². The van der Waals surface area contributed by atoms with Crippen LogP contribution in [-0.2, 0) is 0 Å². The van der Waals surface area contributed by atoms with Crippen LogP contribution < -0.4 is 0 Å².